The van der Waals surface area contributed by atoms with E-state index in [0.29, 0.717) is 30.8 Å². The van der Waals surface area contributed by atoms with Gasteiger partial charge in [-0.3, -0.25) is 13.9 Å². The summed E-state index contributed by atoms with van der Waals surface area (Å²) in [5, 5.41) is 9.48. The summed E-state index contributed by atoms with van der Waals surface area (Å²) in [5.41, 5.74) is 1.29. The highest BCUT2D eigenvalue weighted by atomic mass is 35.5. The Hall–Kier alpha value is -2.42. The maximum atomic E-state index is 12.6. The summed E-state index contributed by atoms with van der Waals surface area (Å²) in [6.07, 6.45) is 1.61. The van der Waals surface area contributed by atoms with Gasteiger partial charge in [0.05, 0.1) is 26.0 Å². The Morgan fingerprint density at radius 2 is 1.79 bits per heavy atom. The molecule has 152 valence electrons. The molecule has 2 N–H and O–H groups in total. The number of aliphatic hydroxyl groups excluding tert-OH is 1. The molecule has 1 aromatic carbocycles. The molecule has 0 saturated heterocycles. The van der Waals surface area contributed by atoms with Gasteiger partial charge in [0.1, 0.15) is 12.6 Å². The summed E-state index contributed by atoms with van der Waals surface area (Å²) < 4.78 is 4.29. The van der Waals surface area contributed by atoms with Gasteiger partial charge in [0.25, 0.3) is 5.56 Å². The first kappa shape index (κ1) is 21.9. The summed E-state index contributed by atoms with van der Waals surface area (Å²) in [4.78, 5) is 30.1. The van der Waals surface area contributed by atoms with Gasteiger partial charge in [0.15, 0.2) is 11.2 Å². The number of rotatable bonds is 7. The summed E-state index contributed by atoms with van der Waals surface area (Å²) in [6, 6.07) is 10.4. The van der Waals surface area contributed by atoms with Crippen molar-refractivity contribution in [2.45, 2.75) is 19.5 Å². The Morgan fingerprint density at radius 3 is 2.43 bits per heavy atom. The number of imidazole rings is 1. The number of benzene rings is 1. The Labute approximate surface area is 169 Å². The van der Waals surface area contributed by atoms with Crippen molar-refractivity contribution in [3.8, 4) is 0 Å². The highest BCUT2D eigenvalue weighted by molar-refractivity contribution is 5.69. The maximum absolute atomic E-state index is 12.6. The minimum absolute atomic E-state index is 0. The van der Waals surface area contributed by atoms with Crippen molar-refractivity contribution in [3.63, 3.8) is 0 Å². The van der Waals surface area contributed by atoms with Crippen LogP contribution in [0.2, 0.25) is 0 Å². The molecule has 28 heavy (non-hydrogen) atoms. The van der Waals surface area contributed by atoms with Gasteiger partial charge in [-0.2, -0.15) is 0 Å². The fourth-order valence-corrected chi connectivity index (χ4v) is 3.51. The lowest BCUT2D eigenvalue weighted by atomic mass is 10.1. The molecular weight excluding hydrogens is 382 g/mol. The molecule has 0 saturated carbocycles. The molecule has 0 aliphatic carbocycles. The number of hydrogen-bond donors (Lipinski definition) is 2. The van der Waals surface area contributed by atoms with Crippen molar-refractivity contribution in [1.29, 1.82) is 0 Å². The summed E-state index contributed by atoms with van der Waals surface area (Å²) in [5.74, 6) is 0. The molecule has 0 spiro atoms. The predicted octanol–water partition coefficient (Wildman–Crippen LogP) is -3.92. The van der Waals surface area contributed by atoms with Gasteiger partial charge >= 0.3 is 5.69 Å². The van der Waals surface area contributed by atoms with Crippen LogP contribution in [0.3, 0.4) is 0 Å². The second-order valence-electron chi connectivity index (χ2n) is 6.83. The smallest absolute Gasteiger partial charge is 0.332 e. The van der Waals surface area contributed by atoms with Crippen LogP contribution in [0.5, 0.6) is 0 Å². The van der Waals surface area contributed by atoms with Crippen LogP contribution in [0.15, 0.2) is 46.2 Å². The van der Waals surface area contributed by atoms with Crippen LogP contribution in [0.4, 0.5) is 0 Å². The van der Waals surface area contributed by atoms with E-state index in [4.69, 9.17) is 0 Å². The van der Waals surface area contributed by atoms with Gasteiger partial charge in [0.2, 0.25) is 0 Å². The van der Waals surface area contributed by atoms with Crippen molar-refractivity contribution in [2.24, 2.45) is 14.1 Å². The number of aryl methyl sites for hydroxylation is 1. The molecule has 3 aromatic rings. The van der Waals surface area contributed by atoms with E-state index in [1.54, 1.807) is 17.9 Å². The maximum Gasteiger partial charge on any atom is 0.332 e. The van der Waals surface area contributed by atoms with Crippen LogP contribution in [-0.4, -0.2) is 43.5 Å². The largest absolute Gasteiger partial charge is 1.00 e. The highest BCUT2D eigenvalue weighted by Gasteiger charge is 2.20. The number of nitrogens with zero attached hydrogens (tertiary/aromatic N) is 4. The Morgan fingerprint density at radius 1 is 1.11 bits per heavy atom. The van der Waals surface area contributed by atoms with E-state index in [2.05, 4.69) is 24.0 Å². The number of aromatic nitrogens is 4. The van der Waals surface area contributed by atoms with Gasteiger partial charge in [0, 0.05) is 19.7 Å². The number of quaternary nitrogens is 1. The zero-order chi connectivity index (χ0) is 19.6. The standard InChI is InChI=1S/C19H25N5O3.ClH/c1-14(15-7-5-4-6-8-15)23(11-12-25)9-10-24-13-20-17-16(24)18(26)22(3)19(27)21(17)2;/h4-8,13-14,25H,9-12H2,1-3H3;1H. The Bertz CT molecular complexity index is 1040. The van der Waals surface area contributed by atoms with Gasteiger partial charge in [-0.1, -0.05) is 30.3 Å². The van der Waals surface area contributed by atoms with Crippen molar-refractivity contribution in [1.82, 2.24) is 18.7 Å². The monoisotopic (exact) mass is 407 g/mol. The second kappa shape index (κ2) is 9.18. The average molecular weight is 408 g/mol. The first-order chi connectivity index (χ1) is 13.0. The first-order valence-electron chi connectivity index (χ1n) is 9.07. The Balaban J connectivity index is 0.00000280. The molecule has 3 rings (SSSR count). The van der Waals surface area contributed by atoms with Gasteiger partial charge in [-0.15, -0.1) is 0 Å². The molecule has 0 aliphatic heterocycles. The van der Waals surface area contributed by atoms with E-state index in [0.717, 1.165) is 4.57 Å². The molecule has 0 amide bonds. The minimum Gasteiger partial charge on any atom is -1.00 e. The van der Waals surface area contributed by atoms with Crippen molar-refractivity contribution < 1.29 is 22.4 Å². The van der Waals surface area contributed by atoms with Crippen LogP contribution >= 0.6 is 0 Å². The van der Waals surface area contributed by atoms with Crippen molar-refractivity contribution in [3.05, 3.63) is 63.1 Å². The Kier molecular flexibility index (Phi) is 7.17. The van der Waals surface area contributed by atoms with Crippen LogP contribution in [0.1, 0.15) is 18.5 Å². The summed E-state index contributed by atoms with van der Waals surface area (Å²) >= 11 is 0. The highest BCUT2D eigenvalue weighted by Crippen LogP contribution is 2.08. The number of halogens is 1. The number of aliphatic hydroxyl groups is 1. The van der Waals surface area contributed by atoms with Gasteiger partial charge < -0.3 is 27.0 Å². The van der Waals surface area contributed by atoms with Gasteiger partial charge in [-0.25, -0.2) is 9.78 Å². The fraction of sp³-hybridized carbons (Fsp3) is 0.421. The van der Waals surface area contributed by atoms with Crippen LogP contribution in [0.25, 0.3) is 11.2 Å². The molecule has 0 aliphatic rings. The molecule has 2 aromatic heterocycles. The molecule has 2 unspecified atom stereocenters. The third kappa shape index (κ3) is 4.04. The van der Waals surface area contributed by atoms with Crippen LogP contribution in [-0.2, 0) is 20.6 Å². The number of fused-ring (bicyclic) bond motifs is 1. The molecule has 2 heterocycles. The fourth-order valence-electron chi connectivity index (χ4n) is 3.51. The summed E-state index contributed by atoms with van der Waals surface area (Å²) in [7, 11) is 3.09. The van der Waals surface area contributed by atoms with E-state index < -0.39 is 0 Å². The normalized spacial score (nSPS) is 13.3. The summed E-state index contributed by atoms with van der Waals surface area (Å²) in [6.45, 7) is 4.12. The molecule has 8 nitrogen and oxygen atoms in total. The van der Waals surface area contributed by atoms with Crippen LogP contribution < -0.4 is 28.6 Å². The lowest BCUT2D eigenvalue weighted by Gasteiger charge is -2.26. The predicted molar refractivity (Wildman–Crippen MR) is 103 cm³/mol. The molecular formula is C19H26ClN5O3. The first-order valence-corrected chi connectivity index (χ1v) is 9.07. The SMILES string of the molecule is CC(c1ccccc1)[NH+](CCO)CCn1cnc2c1c(=O)n(C)c(=O)n2C.[Cl-]. The molecule has 0 bridgehead atoms. The minimum atomic E-state index is -0.386. The number of hydrogen-bond acceptors (Lipinski definition) is 4. The second-order valence-corrected chi connectivity index (χ2v) is 6.83. The third-order valence-electron chi connectivity index (χ3n) is 5.24. The van der Waals surface area contributed by atoms with Crippen molar-refractivity contribution in [2.75, 3.05) is 19.7 Å². The third-order valence-corrected chi connectivity index (χ3v) is 5.24. The zero-order valence-corrected chi connectivity index (χ0v) is 17.1. The topological polar surface area (TPSA) is 86.5 Å². The molecule has 0 radical (unpaired) electrons. The zero-order valence-electron chi connectivity index (χ0n) is 16.3. The molecule has 2 atom stereocenters. The van der Waals surface area contributed by atoms with E-state index in [9.17, 15) is 14.7 Å². The van der Waals surface area contributed by atoms with E-state index in [1.807, 2.05) is 18.2 Å². The van der Waals surface area contributed by atoms with E-state index in [-0.39, 0.29) is 36.3 Å². The molecule has 0 fully saturated rings. The van der Waals surface area contributed by atoms with Gasteiger partial charge in [-0.05, 0) is 6.92 Å². The number of nitrogens with one attached hydrogen (secondary N) is 1. The quantitative estimate of drug-likeness (QED) is 0.419. The van der Waals surface area contributed by atoms with E-state index in [1.165, 1.54) is 22.1 Å². The lowest BCUT2D eigenvalue weighted by molar-refractivity contribution is -0.930. The van der Waals surface area contributed by atoms with Crippen molar-refractivity contribution >= 4 is 11.2 Å². The van der Waals surface area contributed by atoms with Crippen LogP contribution in [0, 0.1) is 0 Å². The van der Waals surface area contributed by atoms with E-state index >= 15 is 0 Å². The average Bonchev–Trinajstić information content (AvgIpc) is 3.12. The molecule has 9 heteroatoms. The lowest BCUT2D eigenvalue weighted by Crippen LogP contribution is -3.12.